The van der Waals surface area contributed by atoms with Gasteiger partial charge in [-0.25, -0.2) is 19.3 Å². The molecule has 1 fully saturated rings. The van der Waals surface area contributed by atoms with Crippen molar-refractivity contribution < 1.29 is 28.9 Å². The summed E-state index contributed by atoms with van der Waals surface area (Å²) in [6.45, 7) is 12.5. The SMILES string of the molecule is COc1nc(-c2cccc(-c3ccnc(-c4cc(OC)c5nc(CNCC(C)(C)O)nn5c4)c3Cl)c2Cl)ccc1CN(C(=O)OC(C)(C)C)C1CCN(C(C)=O)CC1. The van der Waals surface area contributed by atoms with Crippen LogP contribution < -0.4 is 14.8 Å². The maximum absolute atomic E-state index is 13.6. The Morgan fingerprint density at radius 3 is 2.33 bits per heavy atom. The van der Waals surface area contributed by atoms with Crippen LogP contribution >= 0.6 is 23.2 Å². The van der Waals surface area contributed by atoms with Gasteiger partial charge in [0.1, 0.15) is 5.60 Å². The van der Waals surface area contributed by atoms with Gasteiger partial charge >= 0.3 is 6.09 Å². The van der Waals surface area contributed by atoms with Crippen LogP contribution in [0.15, 0.2) is 54.9 Å². The Balaban J connectivity index is 1.29. The van der Waals surface area contributed by atoms with Gasteiger partial charge in [0.2, 0.25) is 11.8 Å². The van der Waals surface area contributed by atoms with E-state index in [9.17, 15) is 14.7 Å². The molecule has 0 saturated carbocycles. The van der Waals surface area contributed by atoms with Crippen molar-refractivity contribution in [3.63, 3.8) is 0 Å². The van der Waals surface area contributed by atoms with E-state index in [1.54, 1.807) is 60.7 Å². The molecule has 0 aliphatic carbocycles. The largest absolute Gasteiger partial charge is 0.493 e. The number of likely N-dealkylation sites (tertiary alicyclic amines) is 1. The van der Waals surface area contributed by atoms with Crippen LogP contribution in [0.3, 0.4) is 0 Å². The first kappa shape index (κ1) is 42.6. The summed E-state index contributed by atoms with van der Waals surface area (Å²) >= 11 is 14.3. The van der Waals surface area contributed by atoms with Crippen LogP contribution in [0.5, 0.6) is 11.6 Å². The highest BCUT2D eigenvalue weighted by molar-refractivity contribution is 6.39. The number of pyridine rings is 3. The second-order valence-corrected chi connectivity index (χ2v) is 16.7. The third-order valence-electron chi connectivity index (χ3n) is 9.68. The molecule has 0 radical (unpaired) electrons. The zero-order valence-corrected chi connectivity index (χ0v) is 35.6. The first-order chi connectivity index (χ1) is 27.5. The molecule has 0 atom stereocenters. The molecule has 14 nitrogen and oxygen atoms in total. The number of nitrogens with one attached hydrogen (secondary N) is 1. The zero-order valence-electron chi connectivity index (χ0n) is 34.1. The van der Waals surface area contributed by atoms with Gasteiger partial charge in [-0.1, -0.05) is 41.4 Å². The van der Waals surface area contributed by atoms with E-state index in [1.807, 2.05) is 57.2 Å². The molecule has 2 amide bonds. The predicted molar refractivity (Wildman–Crippen MR) is 223 cm³/mol. The molecule has 16 heteroatoms. The lowest BCUT2D eigenvalue weighted by Gasteiger charge is -2.39. The van der Waals surface area contributed by atoms with Crippen LogP contribution in [0, 0.1) is 0 Å². The molecule has 0 unspecified atom stereocenters. The Morgan fingerprint density at radius 2 is 1.67 bits per heavy atom. The van der Waals surface area contributed by atoms with Crippen LogP contribution in [0.2, 0.25) is 10.0 Å². The lowest BCUT2D eigenvalue weighted by Crippen LogP contribution is -2.49. The average Bonchev–Trinajstić information content (AvgIpc) is 3.58. The van der Waals surface area contributed by atoms with Crippen LogP contribution in [0.1, 0.15) is 65.8 Å². The number of piperidine rings is 1. The lowest BCUT2D eigenvalue weighted by atomic mass is 9.99. The fraction of sp³-hybridized carbons (Fsp3) is 0.429. The number of rotatable bonds is 12. The van der Waals surface area contributed by atoms with Crippen LogP contribution in [0.25, 0.3) is 39.3 Å². The number of halogens is 2. The van der Waals surface area contributed by atoms with E-state index in [0.717, 1.165) is 0 Å². The summed E-state index contributed by atoms with van der Waals surface area (Å²) < 4.78 is 18.9. The molecule has 5 heterocycles. The lowest BCUT2D eigenvalue weighted by molar-refractivity contribution is -0.130. The third-order valence-corrected chi connectivity index (χ3v) is 10.5. The molecule has 5 aromatic rings. The molecule has 58 heavy (non-hydrogen) atoms. The standard InChI is InChI=1S/C42H50Cl2N8O6/c1-25(53)50-18-15-28(16-19-50)51(40(54)58-41(2,3)4)22-26-12-13-32(47-39(26)57-8)31-11-9-10-29(35(31)43)30-14-17-46-37(36(30)44)27-20-33(56-7)38-48-34(49-52(38)23-27)21-45-24-42(5,6)55/h9-14,17,20,23,28,45,55H,15-16,18-19,21-22,24H2,1-8H3. The predicted octanol–water partition coefficient (Wildman–Crippen LogP) is 7.45. The molecular formula is C42H50Cl2N8O6. The van der Waals surface area contributed by atoms with Gasteiger partial charge in [0.15, 0.2) is 17.2 Å². The number of aromatic nitrogens is 5. The maximum atomic E-state index is 13.6. The minimum Gasteiger partial charge on any atom is -0.493 e. The van der Waals surface area contributed by atoms with Gasteiger partial charge in [-0.3, -0.25) is 9.78 Å². The molecule has 1 saturated heterocycles. The van der Waals surface area contributed by atoms with Gasteiger partial charge in [-0.05, 0) is 71.7 Å². The highest BCUT2D eigenvalue weighted by atomic mass is 35.5. The first-order valence-corrected chi connectivity index (χ1v) is 19.8. The highest BCUT2D eigenvalue weighted by Gasteiger charge is 2.33. The molecule has 2 N–H and O–H groups in total. The van der Waals surface area contributed by atoms with Gasteiger partial charge < -0.3 is 34.4 Å². The second-order valence-electron chi connectivity index (χ2n) is 15.9. The van der Waals surface area contributed by atoms with Crippen molar-refractivity contribution in [2.24, 2.45) is 0 Å². The number of amides is 2. The number of nitrogens with zero attached hydrogens (tertiary/aromatic N) is 7. The van der Waals surface area contributed by atoms with Crippen molar-refractivity contribution in [1.29, 1.82) is 0 Å². The monoisotopic (exact) mass is 832 g/mol. The molecule has 1 aromatic carbocycles. The number of ether oxygens (including phenoxy) is 3. The molecule has 4 aromatic heterocycles. The van der Waals surface area contributed by atoms with Crippen molar-refractivity contribution >= 4 is 40.8 Å². The highest BCUT2D eigenvalue weighted by Crippen LogP contribution is 2.42. The normalized spacial score (nSPS) is 13.8. The van der Waals surface area contributed by atoms with E-state index in [2.05, 4.69) is 20.4 Å². The van der Waals surface area contributed by atoms with E-state index in [0.29, 0.717) is 111 Å². The number of hydrogen-bond acceptors (Lipinski definition) is 11. The van der Waals surface area contributed by atoms with Crippen LogP contribution in [-0.4, -0.2) is 103 Å². The smallest absolute Gasteiger partial charge is 0.410 e. The minimum atomic E-state index is -0.877. The Kier molecular flexibility index (Phi) is 12.8. The van der Waals surface area contributed by atoms with E-state index in [1.165, 1.54) is 7.11 Å². The topological polar surface area (TPSA) is 157 Å². The summed E-state index contributed by atoms with van der Waals surface area (Å²) in [5.74, 6) is 1.37. The van der Waals surface area contributed by atoms with Crippen molar-refractivity contribution in [3.8, 4) is 45.3 Å². The third kappa shape index (κ3) is 9.80. The van der Waals surface area contributed by atoms with E-state index < -0.39 is 17.3 Å². The van der Waals surface area contributed by atoms with Crippen LogP contribution in [-0.2, 0) is 22.6 Å². The first-order valence-electron chi connectivity index (χ1n) is 19.1. The summed E-state index contributed by atoms with van der Waals surface area (Å²) in [5.41, 5.74) is 3.31. The fourth-order valence-electron chi connectivity index (χ4n) is 6.88. The van der Waals surface area contributed by atoms with E-state index >= 15 is 0 Å². The van der Waals surface area contributed by atoms with Crippen molar-refractivity contribution in [3.05, 3.63) is 76.3 Å². The number of carbonyl (C=O) groups is 2. The number of carbonyl (C=O) groups excluding carboxylic acids is 2. The molecule has 1 aliphatic rings. The Hall–Kier alpha value is -5.02. The molecule has 0 bridgehead atoms. The molecule has 308 valence electrons. The number of aliphatic hydroxyl groups is 1. The van der Waals surface area contributed by atoms with E-state index in [4.69, 9.17) is 42.4 Å². The Bertz CT molecular complexity index is 2300. The Labute approximate surface area is 348 Å². The number of hydrogen-bond donors (Lipinski definition) is 2. The zero-order chi connectivity index (χ0) is 41.9. The molecule has 0 spiro atoms. The minimum absolute atomic E-state index is 0.0202. The van der Waals surface area contributed by atoms with Crippen molar-refractivity contribution in [2.75, 3.05) is 33.9 Å². The van der Waals surface area contributed by atoms with E-state index in [-0.39, 0.29) is 18.5 Å². The maximum Gasteiger partial charge on any atom is 0.410 e. The fourth-order valence-corrected chi connectivity index (χ4v) is 7.53. The summed E-state index contributed by atoms with van der Waals surface area (Å²) in [7, 11) is 3.10. The number of methoxy groups -OCH3 is 2. The summed E-state index contributed by atoms with van der Waals surface area (Å²) in [6.07, 6.45) is 4.27. The number of fused-ring (bicyclic) bond motifs is 1. The number of benzene rings is 1. The Morgan fingerprint density at radius 1 is 0.966 bits per heavy atom. The van der Waals surface area contributed by atoms with Crippen LogP contribution in [0.4, 0.5) is 4.79 Å². The molecule has 1 aliphatic heterocycles. The van der Waals surface area contributed by atoms with Crippen molar-refractivity contribution in [2.45, 2.75) is 84.7 Å². The van der Waals surface area contributed by atoms with Gasteiger partial charge in [0.05, 0.1) is 54.3 Å². The second kappa shape index (κ2) is 17.5. The molecule has 6 rings (SSSR count). The van der Waals surface area contributed by atoms with Gasteiger partial charge in [0.25, 0.3) is 0 Å². The summed E-state index contributed by atoms with van der Waals surface area (Å²) in [5, 5.41) is 18.6. The van der Waals surface area contributed by atoms with Gasteiger partial charge in [-0.15, -0.1) is 5.10 Å². The van der Waals surface area contributed by atoms with Crippen molar-refractivity contribution in [1.82, 2.24) is 39.7 Å². The summed E-state index contributed by atoms with van der Waals surface area (Å²) in [6, 6.07) is 12.8. The van der Waals surface area contributed by atoms with Gasteiger partial charge in [0, 0.05) is 72.8 Å². The average molecular weight is 834 g/mol. The summed E-state index contributed by atoms with van der Waals surface area (Å²) in [4.78, 5) is 43.2. The molecular weight excluding hydrogens is 783 g/mol. The quantitative estimate of drug-likeness (QED) is 0.129. The van der Waals surface area contributed by atoms with Gasteiger partial charge in [-0.2, -0.15) is 0 Å².